The van der Waals surface area contributed by atoms with E-state index >= 15 is 0 Å². The summed E-state index contributed by atoms with van der Waals surface area (Å²) in [5, 5.41) is 12.2. The van der Waals surface area contributed by atoms with E-state index in [-0.39, 0.29) is 24.0 Å². The molecule has 24 heavy (non-hydrogen) atoms. The van der Waals surface area contributed by atoms with Crippen molar-refractivity contribution in [3.63, 3.8) is 0 Å². The van der Waals surface area contributed by atoms with Gasteiger partial charge in [0.1, 0.15) is 0 Å². The van der Waals surface area contributed by atoms with Crippen molar-refractivity contribution in [3.05, 3.63) is 29.8 Å². The first-order valence-corrected chi connectivity index (χ1v) is 8.74. The molecule has 0 aliphatic carbocycles. The zero-order chi connectivity index (χ0) is 17.1. The van der Waals surface area contributed by atoms with E-state index in [1.165, 1.54) is 12.8 Å². The Balaban J connectivity index is 1.58. The fourth-order valence-corrected chi connectivity index (χ4v) is 3.61. The first kappa shape index (κ1) is 16.8. The molecule has 2 atom stereocenters. The van der Waals surface area contributed by atoms with Crippen LogP contribution in [0.3, 0.4) is 0 Å². The summed E-state index contributed by atoms with van der Waals surface area (Å²) < 4.78 is 0. The van der Waals surface area contributed by atoms with Crippen molar-refractivity contribution >= 4 is 17.6 Å². The molecule has 2 fully saturated rings. The minimum Gasteiger partial charge on any atom is -0.349 e. The van der Waals surface area contributed by atoms with E-state index in [1.807, 2.05) is 13.8 Å². The highest BCUT2D eigenvalue weighted by Crippen LogP contribution is 2.27. The van der Waals surface area contributed by atoms with Crippen LogP contribution in [-0.2, 0) is 0 Å². The number of benzene rings is 1. The van der Waals surface area contributed by atoms with Gasteiger partial charge in [-0.2, -0.15) is 0 Å². The largest absolute Gasteiger partial charge is 0.349 e. The number of hydrogen-bond acceptors (Lipinski definition) is 3. The Morgan fingerprint density at radius 2 is 1.88 bits per heavy atom. The third-order valence-electron chi connectivity index (χ3n) is 4.61. The van der Waals surface area contributed by atoms with Gasteiger partial charge in [0.25, 0.3) is 5.91 Å². The fourth-order valence-electron chi connectivity index (χ4n) is 3.61. The minimum absolute atomic E-state index is 0.0618. The second-order valence-electron chi connectivity index (χ2n) is 7.11. The average molecular weight is 330 g/mol. The summed E-state index contributed by atoms with van der Waals surface area (Å²) in [5.74, 6) is -0.0748. The predicted molar refractivity (Wildman–Crippen MR) is 94.2 cm³/mol. The minimum atomic E-state index is -0.266. The van der Waals surface area contributed by atoms with Gasteiger partial charge in [-0.15, -0.1) is 0 Å². The van der Waals surface area contributed by atoms with Gasteiger partial charge >= 0.3 is 6.03 Å². The van der Waals surface area contributed by atoms with Crippen molar-refractivity contribution < 1.29 is 9.59 Å². The molecule has 3 amide bonds. The average Bonchev–Trinajstić information content (AvgIpc) is 2.85. The number of carbonyl (C=O) groups is 2. The maximum Gasteiger partial charge on any atom is 0.319 e. The molecule has 2 aliphatic rings. The molecule has 0 saturated carbocycles. The van der Waals surface area contributed by atoms with Gasteiger partial charge < -0.3 is 21.3 Å². The van der Waals surface area contributed by atoms with Crippen LogP contribution in [-0.4, -0.2) is 36.1 Å². The molecule has 2 bridgehead atoms. The van der Waals surface area contributed by atoms with Crippen LogP contribution in [0.15, 0.2) is 24.3 Å². The molecule has 2 aliphatic heterocycles. The second-order valence-corrected chi connectivity index (χ2v) is 7.11. The Hall–Kier alpha value is -2.08. The lowest BCUT2D eigenvalue weighted by molar-refractivity contribution is 0.0924. The number of nitrogens with one attached hydrogen (secondary N) is 4. The smallest absolute Gasteiger partial charge is 0.319 e. The highest BCUT2D eigenvalue weighted by molar-refractivity contribution is 5.97. The third-order valence-corrected chi connectivity index (χ3v) is 4.61. The van der Waals surface area contributed by atoms with E-state index in [4.69, 9.17) is 0 Å². The number of amides is 3. The molecule has 6 nitrogen and oxygen atoms in total. The van der Waals surface area contributed by atoms with E-state index < -0.39 is 0 Å². The third kappa shape index (κ3) is 4.26. The molecule has 0 aromatic heterocycles. The molecular formula is C18H26N4O2. The lowest BCUT2D eigenvalue weighted by atomic mass is 9.99. The number of fused-ring (bicyclic) bond motifs is 2. The molecule has 4 N–H and O–H groups in total. The van der Waals surface area contributed by atoms with Crippen LogP contribution in [0.5, 0.6) is 0 Å². The van der Waals surface area contributed by atoms with Crippen LogP contribution in [0, 0.1) is 0 Å². The summed E-state index contributed by atoms with van der Waals surface area (Å²) in [5.41, 5.74) is 1.19. The molecule has 0 radical (unpaired) electrons. The summed E-state index contributed by atoms with van der Waals surface area (Å²) in [7, 11) is 0. The molecule has 130 valence electrons. The maximum atomic E-state index is 12.5. The van der Waals surface area contributed by atoms with E-state index in [2.05, 4.69) is 21.3 Å². The van der Waals surface area contributed by atoms with Crippen molar-refractivity contribution in [1.82, 2.24) is 16.0 Å². The summed E-state index contributed by atoms with van der Waals surface area (Å²) in [4.78, 5) is 24.3. The number of carbonyl (C=O) groups excluding carboxylic acids is 2. The van der Waals surface area contributed by atoms with Crippen LogP contribution in [0.4, 0.5) is 10.5 Å². The number of hydrogen-bond donors (Lipinski definition) is 4. The van der Waals surface area contributed by atoms with Crippen LogP contribution in [0.25, 0.3) is 0 Å². The van der Waals surface area contributed by atoms with E-state index in [0.29, 0.717) is 23.3 Å². The van der Waals surface area contributed by atoms with Crippen LogP contribution in [0.2, 0.25) is 0 Å². The topological polar surface area (TPSA) is 82.3 Å². The molecule has 0 spiro atoms. The van der Waals surface area contributed by atoms with E-state index in [1.54, 1.807) is 24.3 Å². The molecule has 2 heterocycles. The number of rotatable bonds is 4. The lowest BCUT2D eigenvalue weighted by Gasteiger charge is -2.29. The zero-order valence-corrected chi connectivity index (χ0v) is 14.3. The Labute approximate surface area is 142 Å². The molecule has 1 aromatic carbocycles. The highest BCUT2D eigenvalue weighted by atomic mass is 16.2. The van der Waals surface area contributed by atoms with Gasteiger partial charge in [-0.1, -0.05) is 6.07 Å². The lowest BCUT2D eigenvalue weighted by Crippen LogP contribution is -2.48. The monoisotopic (exact) mass is 330 g/mol. The van der Waals surface area contributed by atoms with Crippen LogP contribution in [0.1, 0.15) is 49.9 Å². The van der Waals surface area contributed by atoms with Gasteiger partial charge in [0, 0.05) is 35.4 Å². The first-order chi connectivity index (χ1) is 11.5. The van der Waals surface area contributed by atoms with Crippen molar-refractivity contribution in [3.8, 4) is 0 Å². The maximum absolute atomic E-state index is 12.5. The van der Waals surface area contributed by atoms with Crippen molar-refractivity contribution in [2.24, 2.45) is 0 Å². The number of urea groups is 1. The van der Waals surface area contributed by atoms with E-state index in [9.17, 15) is 9.59 Å². The van der Waals surface area contributed by atoms with Crippen molar-refractivity contribution in [2.75, 3.05) is 5.32 Å². The highest BCUT2D eigenvalue weighted by Gasteiger charge is 2.34. The van der Waals surface area contributed by atoms with E-state index in [0.717, 1.165) is 12.8 Å². The van der Waals surface area contributed by atoms with Gasteiger partial charge in [-0.05, 0) is 57.7 Å². The van der Waals surface area contributed by atoms with Gasteiger partial charge in [0.15, 0.2) is 0 Å². The van der Waals surface area contributed by atoms with Crippen LogP contribution >= 0.6 is 0 Å². The van der Waals surface area contributed by atoms with Crippen molar-refractivity contribution in [2.45, 2.75) is 63.7 Å². The second kappa shape index (κ2) is 7.21. The van der Waals surface area contributed by atoms with Crippen molar-refractivity contribution in [1.29, 1.82) is 0 Å². The summed E-state index contributed by atoms with van der Waals surface area (Å²) in [6.07, 6.45) is 4.41. The standard InChI is InChI=1S/C18H26N4O2/c1-11(2)19-18(24)22-13-5-3-4-12(8-13)17(23)21-16-9-14-6-7-15(10-16)20-14/h3-5,8,11,14-16,20H,6-7,9-10H2,1-2H3,(H,21,23)(H2,19,22,24). The zero-order valence-electron chi connectivity index (χ0n) is 14.3. The Morgan fingerprint density at radius 1 is 1.17 bits per heavy atom. The van der Waals surface area contributed by atoms with Gasteiger partial charge in [-0.3, -0.25) is 4.79 Å². The summed E-state index contributed by atoms with van der Waals surface area (Å²) >= 11 is 0. The number of piperidine rings is 1. The fraction of sp³-hybridized carbons (Fsp3) is 0.556. The van der Waals surface area contributed by atoms with Gasteiger partial charge in [0.05, 0.1) is 0 Å². The normalized spacial score (nSPS) is 25.4. The SMILES string of the molecule is CC(C)NC(=O)Nc1cccc(C(=O)NC2CC3CCC(C2)N3)c1. The molecule has 3 rings (SSSR count). The molecule has 6 heteroatoms. The Morgan fingerprint density at radius 3 is 2.54 bits per heavy atom. The quantitative estimate of drug-likeness (QED) is 0.683. The Kier molecular flexibility index (Phi) is 5.04. The molecular weight excluding hydrogens is 304 g/mol. The Bertz CT molecular complexity index is 605. The summed E-state index contributed by atoms with van der Waals surface area (Å²) in [6, 6.07) is 8.17. The number of anilines is 1. The predicted octanol–water partition coefficient (Wildman–Crippen LogP) is 2.23. The molecule has 2 saturated heterocycles. The summed E-state index contributed by atoms with van der Waals surface area (Å²) in [6.45, 7) is 3.80. The first-order valence-electron chi connectivity index (χ1n) is 8.74. The van der Waals surface area contributed by atoms with Crippen LogP contribution < -0.4 is 21.3 Å². The molecule has 2 unspecified atom stereocenters. The molecule has 1 aromatic rings. The van der Waals surface area contributed by atoms with Gasteiger partial charge in [-0.25, -0.2) is 4.79 Å². The van der Waals surface area contributed by atoms with Gasteiger partial charge in [0.2, 0.25) is 0 Å².